The Morgan fingerprint density at radius 2 is 1.79 bits per heavy atom. The molecule has 9 heteroatoms. The van der Waals surface area contributed by atoms with Crippen molar-refractivity contribution >= 4 is 68.3 Å². The first-order chi connectivity index (χ1) is 13.8. The lowest BCUT2D eigenvalue weighted by atomic mass is 10.1. The normalized spacial score (nSPS) is 10.8. The topological polar surface area (TPSA) is 82.8 Å². The van der Waals surface area contributed by atoms with Gasteiger partial charge in [-0.25, -0.2) is 9.59 Å². The zero-order chi connectivity index (χ0) is 21.3. The molecule has 0 spiro atoms. The van der Waals surface area contributed by atoms with E-state index in [1.54, 1.807) is 19.9 Å². The molecule has 2 aromatic carbocycles. The molecule has 0 aliphatic heterocycles. The van der Waals surface area contributed by atoms with Crippen molar-refractivity contribution in [1.82, 2.24) is 0 Å². The maximum absolute atomic E-state index is 12.6. The molecular weight excluding hydrogens is 487 g/mol. The fourth-order valence-corrected chi connectivity index (χ4v) is 3.88. The average molecular weight is 500 g/mol. The monoisotopic (exact) mass is 498 g/mol. The Labute approximate surface area is 183 Å². The van der Waals surface area contributed by atoms with Crippen LogP contribution < -0.4 is 4.74 Å². The van der Waals surface area contributed by atoms with Crippen LogP contribution in [0.5, 0.6) is 5.75 Å². The number of fused-ring (bicyclic) bond motifs is 1. The molecule has 1 aromatic heterocycles. The Kier molecular flexibility index (Phi) is 6.31. The Hall–Kier alpha value is -2.35. The van der Waals surface area contributed by atoms with Gasteiger partial charge in [0.1, 0.15) is 16.9 Å². The summed E-state index contributed by atoms with van der Waals surface area (Å²) in [7, 11) is 0. The minimum atomic E-state index is -0.724. The summed E-state index contributed by atoms with van der Waals surface area (Å²) in [6.45, 7) is 3.45. The van der Waals surface area contributed by atoms with Gasteiger partial charge in [-0.1, -0.05) is 23.2 Å². The number of esters is 2. The third kappa shape index (κ3) is 4.17. The Morgan fingerprint density at radius 3 is 2.38 bits per heavy atom. The first-order valence-corrected chi connectivity index (χ1v) is 9.87. The molecule has 0 bridgehead atoms. The molecule has 0 amide bonds. The number of aryl methyl sites for hydroxylation is 1. The summed E-state index contributed by atoms with van der Waals surface area (Å²) < 4.78 is 16.3. The van der Waals surface area contributed by atoms with Crippen LogP contribution in [0, 0.1) is 6.92 Å². The quantitative estimate of drug-likeness (QED) is 0.242. The van der Waals surface area contributed by atoms with Gasteiger partial charge < -0.3 is 13.9 Å². The smallest absolute Gasteiger partial charge is 0.343 e. The number of carbonyl (C=O) groups is 3. The number of carbonyl (C=O) groups excluding carboxylic acids is 3. The number of halogens is 3. The lowest BCUT2D eigenvalue weighted by molar-refractivity contribution is 0.0524. The van der Waals surface area contributed by atoms with E-state index < -0.39 is 11.9 Å². The second-order valence-corrected chi connectivity index (χ2v) is 7.60. The summed E-state index contributed by atoms with van der Waals surface area (Å²) >= 11 is 15.2. The SMILES string of the molecule is CCOC(=O)c1c(C=O)oc2c(C)cc(OC(=O)c3cc(Cl)cc(Cl)c3)c(Br)c12. The molecule has 3 aromatic rings. The molecule has 150 valence electrons. The van der Waals surface area contributed by atoms with Gasteiger partial charge in [0.15, 0.2) is 12.0 Å². The molecule has 3 rings (SSSR count). The van der Waals surface area contributed by atoms with Crippen LogP contribution in [0.15, 0.2) is 33.2 Å². The third-order valence-electron chi connectivity index (χ3n) is 3.96. The zero-order valence-electron chi connectivity index (χ0n) is 15.2. The van der Waals surface area contributed by atoms with Crippen molar-refractivity contribution in [3.8, 4) is 5.75 Å². The van der Waals surface area contributed by atoms with Crippen LogP contribution in [0.3, 0.4) is 0 Å². The summed E-state index contributed by atoms with van der Waals surface area (Å²) in [5, 5.41) is 0.841. The van der Waals surface area contributed by atoms with Crippen molar-refractivity contribution in [2.75, 3.05) is 6.61 Å². The molecule has 0 N–H and O–H groups in total. The molecule has 6 nitrogen and oxygen atoms in total. The van der Waals surface area contributed by atoms with E-state index in [0.29, 0.717) is 17.4 Å². The summed E-state index contributed by atoms with van der Waals surface area (Å²) in [6.07, 6.45) is 0.428. The van der Waals surface area contributed by atoms with Crippen molar-refractivity contribution < 1.29 is 28.3 Å². The number of ether oxygens (including phenoxy) is 2. The number of hydrogen-bond donors (Lipinski definition) is 0. The zero-order valence-corrected chi connectivity index (χ0v) is 18.3. The predicted molar refractivity (Wildman–Crippen MR) is 111 cm³/mol. The van der Waals surface area contributed by atoms with Gasteiger partial charge in [0.05, 0.1) is 22.0 Å². The fraction of sp³-hybridized carbons (Fsp3) is 0.150. The van der Waals surface area contributed by atoms with Crippen molar-refractivity contribution in [3.05, 3.63) is 61.2 Å². The highest BCUT2D eigenvalue weighted by Gasteiger charge is 2.27. The molecule has 0 aliphatic rings. The highest BCUT2D eigenvalue weighted by Crippen LogP contribution is 2.40. The minimum absolute atomic E-state index is 0.0458. The van der Waals surface area contributed by atoms with Crippen LogP contribution in [0.4, 0.5) is 0 Å². The number of hydrogen-bond acceptors (Lipinski definition) is 6. The summed E-state index contributed by atoms with van der Waals surface area (Å²) in [6, 6.07) is 5.87. The molecular formula is C20H13BrCl2O6. The van der Waals surface area contributed by atoms with Gasteiger partial charge in [0.2, 0.25) is 0 Å². The van der Waals surface area contributed by atoms with Gasteiger partial charge in [0.25, 0.3) is 0 Å². The van der Waals surface area contributed by atoms with Crippen LogP contribution in [0.1, 0.15) is 43.8 Å². The average Bonchev–Trinajstić information content (AvgIpc) is 3.06. The van der Waals surface area contributed by atoms with E-state index in [2.05, 4.69) is 15.9 Å². The Morgan fingerprint density at radius 1 is 1.14 bits per heavy atom. The molecule has 1 heterocycles. The van der Waals surface area contributed by atoms with Crippen LogP contribution >= 0.6 is 39.1 Å². The van der Waals surface area contributed by atoms with Gasteiger partial charge in [0, 0.05) is 10.0 Å². The second kappa shape index (κ2) is 8.57. The minimum Gasteiger partial charge on any atom is -0.462 e. The van der Waals surface area contributed by atoms with Crippen LogP contribution in [-0.2, 0) is 4.74 Å². The molecule has 0 radical (unpaired) electrons. The van der Waals surface area contributed by atoms with E-state index in [-0.39, 0.29) is 49.1 Å². The van der Waals surface area contributed by atoms with E-state index in [9.17, 15) is 14.4 Å². The summed E-state index contributed by atoms with van der Waals surface area (Å²) in [5.74, 6) is -1.48. The van der Waals surface area contributed by atoms with E-state index in [4.69, 9.17) is 37.1 Å². The molecule has 0 saturated heterocycles. The summed E-state index contributed by atoms with van der Waals surface area (Å²) in [4.78, 5) is 36.4. The van der Waals surface area contributed by atoms with Crippen molar-refractivity contribution in [2.45, 2.75) is 13.8 Å². The van der Waals surface area contributed by atoms with E-state index in [1.165, 1.54) is 18.2 Å². The van der Waals surface area contributed by atoms with Crippen LogP contribution in [0.25, 0.3) is 11.0 Å². The highest BCUT2D eigenvalue weighted by atomic mass is 79.9. The van der Waals surface area contributed by atoms with Gasteiger partial charge in [-0.2, -0.15) is 0 Å². The van der Waals surface area contributed by atoms with Crippen molar-refractivity contribution in [1.29, 1.82) is 0 Å². The second-order valence-electron chi connectivity index (χ2n) is 5.94. The first kappa shape index (κ1) is 21.4. The van der Waals surface area contributed by atoms with E-state index in [1.807, 2.05) is 0 Å². The van der Waals surface area contributed by atoms with Crippen LogP contribution in [0.2, 0.25) is 10.0 Å². The third-order valence-corrected chi connectivity index (χ3v) is 5.19. The Bertz CT molecular complexity index is 1130. The van der Waals surface area contributed by atoms with Gasteiger partial charge in [-0.3, -0.25) is 4.79 Å². The largest absolute Gasteiger partial charge is 0.462 e. The Balaban J connectivity index is 2.13. The molecule has 0 unspecified atom stereocenters. The molecule has 0 fully saturated rings. The fourth-order valence-electron chi connectivity index (χ4n) is 2.78. The maximum atomic E-state index is 12.6. The molecule has 0 aliphatic carbocycles. The first-order valence-electron chi connectivity index (χ1n) is 8.33. The molecule has 0 atom stereocenters. The summed E-state index contributed by atoms with van der Waals surface area (Å²) in [5.41, 5.74) is 0.954. The predicted octanol–water partition coefficient (Wildman–Crippen LogP) is 6.02. The number of furan rings is 1. The highest BCUT2D eigenvalue weighted by molar-refractivity contribution is 9.10. The van der Waals surface area contributed by atoms with Gasteiger partial charge in [-0.05, 0) is 59.6 Å². The van der Waals surface area contributed by atoms with Crippen molar-refractivity contribution in [3.63, 3.8) is 0 Å². The number of benzene rings is 2. The standard InChI is InChI=1S/C20H13BrCl2O6/c1-3-27-20(26)15-14(8-24)28-18-9(2)4-13(17(21)16(15)18)29-19(25)10-5-11(22)7-12(23)6-10/h4-8H,3H2,1-2H3. The molecule has 29 heavy (non-hydrogen) atoms. The van der Waals surface area contributed by atoms with Crippen molar-refractivity contribution in [2.24, 2.45) is 0 Å². The number of aldehydes is 1. The van der Waals surface area contributed by atoms with E-state index >= 15 is 0 Å². The molecule has 0 saturated carbocycles. The lowest BCUT2D eigenvalue weighted by Gasteiger charge is -2.10. The maximum Gasteiger partial charge on any atom is 0.343 e. The van der Waals surface area contributed by atoms with Gasteiger partial charge in [-0.15, -0.1) is 0 Å². The van der Waals surface area contributed by atoms with Crippen LogP contribution in [-0.4, -0.2) is 24.8 Å². The lowest BCUT2D eigenvalue weighted by Crippen LogP contribution is -2.10. The van der Waals surface area contributed by atoms with E-state index in [0.717, 1.165) is 0 Å². The van der Waals surface area contributed by atoms with Gasteiger partial charge >= 0.3 is 11.9 Å². The number of rotatable bonds is 5.